The van der Waals surface area contributed by atoms with Crippen molar-refractivity contribution in [1.29, 1.82) is 0 Å². The monoisotopic (exact) mass is 415 g/mol. The molecule has 0 unspecified atom stereocenters. The summed E-state index contributed by atoms with van der Waals surface area (Å²) < 4.78 is 27.8. The Morgan fingerprint density at radius 3 is 2.17 bits per heavy atom. The van der Waals surface area contributed by atoms with Gasteiger partial charge in [-0.05, 0) is 88.3 Å². The Bertz CT molecular complexity index is 871. The molecule has 1 heterocycles. The number of piperidine rings is 1. The first-order chi connectivity index (χ1) is 13.9. The molecule has 1 aliphatic rings. The topological polar surface area (TPSA) is 52.7 Å². The van der Waals surface area contributed by atoms with E-state index < -0.39 is 10.0 Å². The van der Waals surface area contributed by atoms with Gasteiger partial charge in [-0.15, -0.1) is 0 Å². The number of aryl methyl sites for hydroxylation is 1. The maximum absolute atomic E-state index is 12.6. The molecule has 0 aromatic heterocycles. The molecule has 1 saturated heterocycles. The Balaban J connectivity index is 1.54. The molecule has 0 saturated carbocycles. The van der Waals surface area contributed by atoms with Gasteiger partial charge in [-0.25, -0.2) is 8.42 Å². The van der Waals surface area contributed by atoms with Gasteiger partial charge in [0.1, 0.15) is 0 Å². The number of anilines is 1. The van der Waals surface area contributed by atoms with Gasteiger partial charge >= 0.3 is 0 Å². The number of hydrogen-bond acceptors (Lipinski definition) is 4. The van der Waals surface area contributed by atoms with Crippen molar-refractivity contribution in [2.45, 2.75) is 43.5 Å². The SMILES string of the molecule is CCc1ccc(S(=O)(=O)Nc2ccc(CCN(C)C3CCN(C)CC3)cc2)cc1. The summed E-state index contributed by atoms with van der Waals surface area (Å²) in [6.45, 7) is 5.41. The zero-order chi connectivity index (χ0) is 20.9. The van der Waals surface area contributed by atoms with E-state index in [4.69, 9.17) is 0 Å². The fraction of sp³-hybridized carbons (Fsp3) is 0.478. The molecule has 1 N–H and O–H groups in total. The Labute approximate surface area is 175 Å². The number of benzene rings is 2. The van der Waals surface area contributed by atoms with Crippen LogP contribution in [0, 0.1) is 0 Å². The smallest absolute Gasteiger partial charge is 0.261 e. The molecule has 1 aliphatic heterocycles. The van der Waals surface area contributed by atoms with Gasteiger partial charge < -0.3 is 9.80 Å². The van der Waals surface area contributed by atoms with E-state index in [1.807, 2.05) is 36.4 Å². The van der Waals surface area contributed by atoms with Gasteiger partial charge in [-0.3, -0.25) is 4.72 Å². The lowest BCUT2D eigenvalue weighted by Gasteiger charge is -2.35. The molecule has 0 radical (unpaired) electrons. The molecular formula is C23H33N3O2S. The van der Waals surface area contributed by atoms with Crippen LogP contribution in [0.15, 0.2) is 53.4 Å². The second kappa shape index (κ2) is 9.74. The molecule has 0 amide bonds. The quantitative estimate of drug-likeness (QED) is 0.716. The predicted octanol–water partition coefficient (Wildman–Crippen LogP) is 3.62. The number of nitrogens with one attached hydrogen (secondary N) is 1. The largest absolute Gasteiger partial charge is 0.306 e. The third-order valence-electron chi connectivity index (χ3n) is 5.91. The van der Waals surface area contributed by atoms with Crippen LogP contribution in [-0.4, -0.2) is 58.0 Å². The lowest BCUT2D eigenvalue weighted by atomic mass is 10.0. The predicted molar refractivity (Wildman–Crippen MR) is 120 cm³/mol. The first-order valence-electron chi connectivity index (χ1n) is 10.5. The minimum atomic E-state index is -3.56. The third-order valence-corrected chi connectivity index (χ3v) is 7.31. The molecule has 2 aromatic rings. The first-order valence-corrected chi connectivity index (χ1v) is 11.9. The van der Waals surface area contributed by atoms with E-state index in [1.54, 1.807) is 12.1 Å². The fourth-order valence-corrected chi connectivity index (χ4v) is 4.84. The molecule has 29 heavy (non-hydrogen) atoms. The lowest BCUT2D eigenvalue weighted by Crippen LogP contribution is -2.42. The van der Waals surface area contributed by atoms with E-state index in [-0.39, 0.29) is 0 Å². The van der Waals surface area contributed by atoms with Crippen LogP contribution in [-0.2, 0) is 22.9 Å². The summed E-state index contributed by atoms with van der Waals surface area (Å²) in [6.07, 6.45) is 4.32. The number of rotatable bonds is 8. The second-order valence-electron chi connectivity index (χ2n) is 8.06. The van der Waals surface area contributed by atoms with E-state index >= 15 is 0 Å². The Hall–Kier alpha value is -1.89. The molecule has 5 nitrogen and oxygen atoms in total. The van der Waals surface area contributed by atoms with Crippen LogP contribution in [0.4, 0.5) is 5.69 Å². The van der Waals surface area contributed by atoms with Crippen molar-refractivity contribution in [2.24, 2.45) is 0 Å². The normalized spacial score (nSPS) is 16.3. The van der Waals surface area contributed by atoms with Crippen molar-refractivity contribution in [3.63, 3.8) is 0 Å². The van der Waals surface area contributed by atoms with Crippen LogP contribution in [0.5, 0.6) is 0 Å². The fourth-order valence-electron chi connectivity index (χ4n) is 3.78. The maximum atomic E-state index is 12.6. The number of nitrogens with zero attached hydrogens (tertiary/aromatic N) is 2. The molecule has 3 rings (SSSR count). The van der Waals surface area contributed by atoms with E-state index in [0.29, 0.717) is 16.6 Å². The van der Waals surface area contributed by atoms with Crippen molar-refractivity contribution in [3.05, 3.63) is 59.7 Å². The average molecular weight is 416 g/mol. The van der Waals surface area contributed by atoms with Crippen molar-refractivity contribution < 1.29 is 8.42 Å². The van der Waals surface area contributed by atoms with E-state index in [1.165, 1.54) is 31.5 Å². The number of likely N-dealkylation sites (tertiary alicyclic amines) is 1. The second-order valence-corrected chi connectivity index (χ2v) is 9.75. The highest BCUT2D eigenvalue weighted by Crippen LogP contribution is 2.19. The average Bonchev–Trinajstić information content (AvgIpc) is 2.73. The van der Waals surface area contributed by atoms with Gasteiger partial charge in [0.25, 0.3) is 10.0 Å². The van der Waals surface area contributed by atoms with Crippen LogP contribution in [0.25, 0.3) is 0 Å². The zero-order valence-corrected chi connectivity index (χ0v) is 18.6. The maximum Gasteiger partial charge on any atom is 0.261 e. The van der Waals surface area contributed by atoms with Crippen molar-refractivity contribution >= 4 is 15.7 Å². The molecule has 158 valence electrons. The number of hydrogen-bond donors (Lipinski definition) is 1. The number of sulfonamides is 1. The third kappa shape index (κ3) is 6.04. The number of likely N-dealkylation sites (N-methyl/N-ethyl adjacent to an activating group) is 1. The van der Waals surface area contributed by atoms with Gasteiger partial charge in [0.2, 0.25) is 0 Å². The molecule has 0 aliphatic carbocycles. The van der Waals surface area contributed by atoms with Gasteiger partial charge in [0.15, 0.2) is 0 Å². The summed E-state index contributed by atoms with van der Waals surface area (Å²) >= 11 is 0. The zero-order valence-electron chi connectivity index (χ0n) is 17.8. The minimum Gasteiger partial charge on any atom is -0.306 e. The van der Waals surface area contributed by atoms with E-state index in [0.717, 1.165) is 24.9 Å². The van der Waals surface area contributed by atoms with Gasteiger partial charge in [-0.1, -0.05) is 31.2 Å². The summed E-state index contributed by atoms with van der Waals surface area (Å²) in [4.78, 5) is 5.14. The molecule has 6 heteroatoms. The molecule has 0 atom stereocenters. The summed E-state index contributed by atoms with van der Waals surface area (Å²) in [5.74, 6) is 0. The van der Waals surface area contributed by atoms with Gasteiger partial charge in [-0.2, -0.15) is 0 Å². The first kappa shape index (κ1) is 21.8. The van der Waals surface area contributed by atoms with Crippen LogP contribution in [0.2, 0.25) is 0 Å². The van der Waals surface area contributed by atoms with Gasteiger partial charge in [0, 0.05) is 18.3 Å². The highest BCUT2D eigenvalue weighted by molar-refractivity contribution is 7.92. The molecular weight excluding hydrogens is 382 g/mol. The Morgan fingerprint density at radius 2 is 1.59 bits per heavy atom. The summed E-state index contributed by atoms with van der Waals surface area (Å²) in [5, 5.41) is 0. The highest BCUT2D eigenvalue weighted by atomic mass is 32.2. The van der Waals surface area contributed by atoms with Crippen molar-refractivity contribution in [1.82, 2.24) is 9.80 Å². The van der Waals surface area contributed by atoms with Crippen molar-refractivity contribution in [3.8, 4) is 0 Å². The summed E-state index contributed by atoms with van der Waals surface area (Å²) in [5.41, 5.74) is 2.94. The van der Waals surface area contributed by atoms with Crippen LogP contribution >= 0.6 is 0 Å². The standard InChI is InChI=1S/C23H33N3O2S/c1-4-19-7-11-23(12-8-19)29(27,28)24-21-9-5-20(6-10-21)13-18-26(3)22-14-16-25(2)17-15-22/h5-12,22,24H,4,13-18H2,1-3H3. The minimum absolute atomic E-state index is 0.290. The Kier molecular flexibility index (Phi) is 7.33. The lowest BCUT2D eigenvalue weighted by molar-refractivity contribution is 0.145. The Morgan fingerprint density at radius 1 is 1.00 bits per heavy atom. The summed E-state index contributed by atoms with van der Waals surface area (Å²) in [6, 6.07) is 15.4. The molecule has 2 aromatic carbocycles. The van der Waals surface area contributed by atoms with E-state index in [9.17, 15) is 8.42 Å². The highest BCUT2D eigenvalue weighted by Gasteiger charge is 2.20. The summed E-state index contributed by atoms with van der Waals surface area (Å²) in [7, 11) is 0.839. The van der Waals surface area contributed by atoms with Crippen LogP contribution in [0.1, 0.15) is 30.9 Å². The van der Waals surface area contributed by atoms with Crippen molar-refractivity contribution in [2.75, 3.05) is 38.5 Å². The van der Waals surface area contributed by atoms with Crippen LogP contribution in [0.3, 0.4) is 0 Å². The molecule has 0 bridgehead atoms. The van der Waals surface area contributed by atoms with Crippen LogP contribution < -0.4 is 4.72 Å². The van der Waals surface area contributed by atoms with Gasteiger partial charge in [0.05, 0.1) is 4.90 Å². The van der Waals surface area contributed by atoms with E-state index in [2.05, 4.69) is 35.5 Å². The molecule has 0 spiro atoms. The molecule has 1 fully saturated rings.